The van der Waals surface area contributed by atoms with Gasteiger partial charge < -0.3 is 15.8 Å². The Balaban J connectivity index is 1.77. The highest BCUT2D eigenvalue weighted by Gasteiger charge is 2.16. The van der Waals surface area contributed by atoms with Crippen molar-refractivity contribution in [3.8, 4) is 5.75 Å². The molecule has 2 aromatic carbocycles. The first-order valence-electron chi connectivity index (χ1n) is 8.76. The number of ether oxygens (including phenoxy) is 1. The van der Waals surface area contributed by atoms with Crippen LogP contribution in [-0.2, 0) is 29.4 Å². The number of benzene rings is 2. The molecule has 0 atom stereocenters. The predicted molar refractivity (Wildman–Crippen MR) is 106 cm³/mol. The van der Waals surface area contributed by atoms with Crippen molar-refractivity contribution in [2.24, 2.45) is 15.9 Å². The minimum Gasteiger partial charge on any atom is -0.495 e. The van der Waals surface area contributed by atoms with Crippen LogP contribution < -0.4 is 20.9 Å². The van der Waals surface area contributed by atoms with Gasteiger partial charge in [0, 0.05) is 5.69 Å². The van der Waals surface area contributed by atoms with Crippen LogP contribution in [0.2, 0.25) is 0 Å². The third kappa shape index (κ3) is 4.58. The zero-order valence-electron chi connectivity index (χ0n) is 15.2. The maximum atomic E-state index is 11.7. The van der Waals surface area contributed by atoms with E-state index in [4.69, 9.17) is 15.6 Å². The number of rotatable bonds is 5. The number of methoxy groups -OCH3 is 1. The van der Waals surface area contributed by atoms with Crippen molar-refractivity contribution < 1.29 is 13.2 Å². The number of anilines is 1. The summed E-state index contributed by atoms with van der Waals surface area (Å²) in [6.07, 6.45) is 4.50. The Labute approximate surface area is 159 Å². The lowest BCUT2D eigenvalue weighted by atomic mass is 9.90. The molecule has 2 aromatic rings. The van der Waals surface area contributed by atoms with Gasteiger partial charge in [-0.1, -0.05) is 18.2 Å². The third-order valence-electron chi connectivity index (χ3n) is 4.63. The van der Waals surface area contributed by atoms with Gasteiger partial charge in [0.1, 0.15) is 10.6 Å². The van der Waals surface area contributed by atoms with E-state index >= 15 is 0 Å². The summed E-state index contributed by atoms with van der Waals surface area (Å²) in [6.45, 7) is 0.223. The molecule has 0 spiro atoms. The smallest absolute Gasteiger partial charge is 0.241 e. The van der Waals surface area contributed by atoms with Crippen LogP contribution in [0, 0.1) is 0 Å². The fraction of sp³-hybridized carbons (Fsp3) is 0.316. The monoisotopic (exact) mass is 388 g/mol. The normalized spacial score (nSPS) is 14.5. The van der Waals surface area contributed by atoms with Crippen LogP contribution in [0.15, 0.2) is 46.3 Å². The van der Waals surface area contributed by atoms with E-state index in [0.29, 0.717) is 5.56 Å². The van der Waals surface area contributed by atoms with E-state index in [0.717, 1.165) is 18.5 Å². The van der Waals surface area contributed by atoms with Gasteiger partial charge in [0.2, 0.25) is 10.0 Å². The van der Waals surface area contributed by atoms with Crippen LogP contribution in [0.5, 0.6) is 5.75 Å². The van der Waals surface area contributed by atoms with E-state index in [-0.39, 0.29) is 23.1 Å². The van der Waals surface area contributed by atoms with Gasteiger partial charge in [0.05, 0.1) is 13.7 Å². The van der Waals surface area contributed by atoms with Crippen molar-refractivity contribution in [1.29, 1.82) is 0 Å². The first-order valence-corrected chi connectivity index (χ1v) is 10.3. The van der Waals surface area contributed by atoms with Crippen molar-refractivity contribution >= 4 is 21.7 Å². The molecule has 0 unspecified atom stereocenters. The summed E-state index contributed by atoms with van der Waals surface area (Å²) in [7, 11) is -2.49. The molecule has 7 nitrogen and oxygen atoms in total. The fourth-order valence-electron chi connectivity index (χ4n) is 3.29. The second-order valence-corrected chi connectivity index (χ2v) is 8.04. The average molecular weight is 388 g/mol. The molecular weight excluding hydrogens is 364 g/mol. The number of primary sulfonamides is 1. The lowest BCUT2D eigenvalue weighted by Crippen LogP contribution is -2.24. The molecule has 0 bridgehead atoms. The zero-order valence-corrected chi connectivity index (χ0v) is 16.1. The Bertz CT molecular complexity index is 971. The zero-order chi connectivity index (χ0) is 19.4. The highest BCUT2D eigenvalue weighted by atomic mass is 32.2. The lowest BCUT2D eigenvalue weighted by molar-refractivity contribution is 0.402. The van der Waals surface area contributed by atoms with E-state index in [1.807, 2.05) is 12.1 Å². The van der Waals surface area contributed by atoms with E-state index in [9.17, 15) is 8.42 Å². The van der Waals surface area contributed by atoms with Crippen LogP contribution in [0.1, 0.15) is 29.5 Å². The molecule has 0 fully saturated rings. The number of sulfonamides is 1. The second kappa shape index (κ2) is 7.98. The molecule has 0 aromatic heterocycles. The molecule has 1 aliphatic rings. The van der Waals surface area contributed by atoms with E-state index in [2.05, 4.69) is 16.4 Å². The molecule has 8 heteroatoms. The summed E-state index contributed by atoms with van der Waals surface area (Å²) in [6, 6.07) is 10.9. The predicted octanol–water partition coefficient (Wildman–Crippen LogP) is 2.15. The minimum atomic E-state index is -3.89. The number of aliphatic imine (C=N–C) groups is 1. The number of hydrogen-bond acceptors (Lipinski definition) is 4. The first kappa shape index (κ1) is 19.2. The maximum absolute atomic E-state index is 11.7. The summed E-state index contributed by atoms with van der Waals surface area (Å²) >= 11 is 0. The van der Waals surface area contributed by atoms with Gasteiger partial charge in [0.15, 0.2) is 5.96 Å². The molecule has 0 saturated carbocycles. The van der Waals surface area contributed by atoms with E-state index < -0.39 is 10.0 Å². The van der Waals surface area contributed by atoms with Crippen LogP contribution in [-0.4, -0.2) is 21.5 Å². The summed E-state index contributed by atoms with van der Waals surface area (Å²) in [4.78, 5) is 4.26. The van der Waals surface area contributed by atoms with E-state index in [1.165, 1.54) is 37.1 Å². The van der Waals surface area contributed by atoms with Crippen LogP contribution in [0.3, 0.4) is 0 Å². The van der Waals surface area contributed by atoms with Crippen molar-refractivity contribution in [1.82, 2.24) is 0 Å². The number of guanidine groups is 1. The summed E-state index contributed by atoms with van der Waals surface area (Å²) in [5.41, 5.74) is 10.3. The standard InChI is InChI=1S/C19H24N4O3S/c1-26-17-10-9-13(11-18(17)27(21,24)25)12-22-19(20)23-16-8-4-6-14-5-2-3-7-15(14)16/h4,6,8-11H,2-3,5,7,12H2,1H3,(H3,20,22,23)(H2,21,24,25). The number of hydrogen-bond donors (Lipinski definition) is 3. The van der Waals surface area contributed by atoms with Gasteiger partial charge in [0.25, 0.3) is 0 Å². The number of nitrogens with one attached hydrogen (secondary N) is 1. The quantitative estimate of drug-likeness (QED) is 0.535. The summed E-state index contributed by atoms with van der Waals surface area (Å²) in [5.74, 6) is 0.481. The maximum Gasteiger partial charge on any atom is 0.241 e. The minimum absolute atomic E-state index is 0.0682. The van der Waals surface area contributed by atoms with Gasteiger partial charge in [-0.3, -0.25) is 0 Å². The van der Waals surface area contributed by atoms with Gasteiger partial charge >= 0.3 is 0 Å². The lowest BCUT2D eigenvalue weighted by Gasteiger charge is -2.19. The van der Waals surface area contributed by atoms with Crippen molar-refractivity contribution in [3.05, 3.63) is 53.1 Å². The van der Waals surface area contributed by atoms with Gasteiger partial charge in [-0.2, -0.15) is 0 Å². The first-order chi connectivity index (χ1) is 12.9. The van der Waals surface area contributed by atoms with Crippen LogP contribution in [0.4, 0.5) is 5.69 Å². The number of nitrogens with zero attached hydrogens (tertiary/aromatic N) is 1. The molecule has 3 rings (SSSR count). The summed E-state index contributed by atoms with van der Waals surface area (Å²) < 4.78 is 28.5. The van der Waals surface area contributed by atoms with Crippen LogP contribution in [0.25, 0.3) is 0 Å². The molecule has 5 N–H and O–H groups in total. The van der Waals surface area contributed by atoms with Crippen LogP contribution >= 0.6 is 0 Å². The number of nitrogens with two attached hydrogens (primary N) is 2. The Hall–Kier alpha value is -2.58. The highest BCUT2D eigenvalue weighted by Crippen LogP contribution is 2.28. The van der Waals surface area contributed by atoms with Gasteiger partial charge in [-0.15, -0.1) is 0 Å². The number of fused-ring (bicyclic) bond motifs is 1. The second-order valence-electron chi connectivity index (χ2n) is 6.51. The highest BCUT2D eigenvalue weighted by molar-refractivity contribution is 7.89. The topological polar surface area (TPSA) is 120 Å². The SMILES string of the molecule is COc1ccc(CN=C(N)Nc2cccc3c2CCCC3)cc1S(N)(=O)=O. The Kier molecular flexibility index (Phi) is 5.67. The molecule has 1 aliphatic carbocycles. The van der Waals surface area contributed by atoms with Gasteiger partial charge in [-0.25, -0.2) is 18.5 Å². The van der Waals surface area contributed by atoms with Crippen molar-refractivity contribution in [2.75, 3.05) is 12.4 Å². The average Bonchev–Trinajstić information content (AvgIpc) is 2.66. The Morgan fingerprint density at radius 3 is 2.74 bits per heavy atom. The fourth-order valence-corrected chi connectivity index (χ4v) is 4.04. The largest absolute Gasteiger partial charge is 0.495 e. The number of aryl methyl sites for hydroxylation is 1. The Morgan fingerprint density at radius 2 is 2.00 bits per heavy atom. The Morgan fingerprint density at radius 1 is 1.22 bits per heavy atom. The molecule has 0 radical (unpaired) electrons. The van der Waals surface area contributed by atoms with E-state index in [1.54, 1.807) is 12.1 Å². The molecule has 0 amide bonds. The molecule has 27 heavy (non-hydrogen) atoms. The third-order valence-corrected chi connectivity index (χ3v) is 5.56. The van der Waals surface area contributed by atoms with Crippen molar-refractivity contribution in [2.45, 2.75) is 37.1 Å². The molecule has 0 aliphatic heterocycles. The molecule has 144 valence electrons. The van der Waals surface area contributed by atoms with Gasteiger partial charge in [-0.05, 0) is 60.6 Å². The molecule has 0 saturated heterocycles. The van der Waals surface area contributed by atoms with Crippen molar-refractivity contribution in [3.63, 3.8) is 0 Å². The summed E-state index contributed by atoms with van der Waals surface area (Å²) in [5, 5.41) is 8.41. The molecule has 0 heterocycles. The molecular formula is C19H24N4O3S.